The Morgan fingerprint density at radius 2 is 1.85 bits per heavy atom. The van der Waals surface area contributed by atoms with Gasteiger partial charge < -0.3 is 20.1 Å². The lowest BCUT2D eigenvalue weighted by atomic mass is 10.1. The molecule has 0 spiro atoms. The Bertz CT molecular complexity index is 1320. The fraction of sp³-hybridized carbons (Fsp3) is 0.280. The van der Waals surface area contributed by atoms with Crippen molar-refractivity contribution in [2.24, 2.45) is 0 Å². The lowest BCUT2D eigenvalue weighted by molar-refractivity contribution is 0.434. The van der Waals surface area contributed by atoms with Gasteiger partial charge in [-0.15, -0.1) is 0 Å². The van der Waals surface area contributed by atoms with E-state index in [0.717, 1.165) is 43.4 Å². The molecule has 1 saturated carbocycles. The third-order valence-corrected chi connectivity index (χ3v) is 6.13. The first-order chi connectivity index (χ1) is 16.1. The molecule has 3 N–H and O–H groups in total. The number of nitrogens with two attached hydrogens (primary N) is 1. The van der Waals surface area contributed by atoms with Gasteiger partial charge in [0, 0.05) is 42.0 Å². The summed E-state index contributed by atoms with van der Waals surface area (Å²) in [7, 11) is 1.92. The van der Waals surface area contributed by atoms with Crippen molar-refractivity contribution in [1.82, 2.24) is 25.0 Å². The molecule has 1 aliphatic carbocycles. The molecular weight excluding hydrogens is 416 g/mol. The van der Waals surface area contributed by atoms with Gasteiger partial charge in [-0.2, -0.15) is 0 Å². The van der Waals surface area contributed by atoms with E-state index in [-0.39, 0.29) is 17.4 Å². The van der Waals surface area contributed by atoms with Gasteiger partial charge in [-0.25, -0.2) is 9.97 Å². The molecule has 0 saturated heterocycles. The number of hydrogen-bond donors (Lipinski definition) is 2. The monoisotopic (exact) mass is 442 g/mol. The second kappa shape index (κ2) is 8.99. The van der Waals surface area contributed by atoms with Gasteiger partial charge >= 0.3 is 0 Å². The van der Waals surface area contributed by atoms with E-state index in [1.807, 2.05) is 48.1 Å². The first-order valence-corrected chi connectivity index (χ1v) is 11.2. The van der Waals surface area contributed by atoms with Crippen LogP contribution in [0.2, 0.25) is 0 Å². The molecule has 1 aromatic carbocycles. The first kappa shape index (κ1) is 21.1. The molecule has 1 fully saturated rings. The highest BCUT2D eigenvalue weighted by molar-refractivity contribution is 5.72. The zero-order chi connectivity index (χ0) is 22.8. The Labute approximate surface area is 191 Å². The number of benzene rings is 1. The van der Waals surface area contributed by atoms with Crippen molar-refractivity contribution >= 4 is 5.82 Å². The molecule has 8 nitrogen and oxygen atoms in total. The molecule has 4 aromatic rings. The van der Waals surface area contributed by atoms with Crippen molar-refractivity contribution in [3.05, 3.63) is 70.8 Å². The van der Waals surface area contributed by atoms with Crippen LogP contribution in [0.4, 0.5) is 5.82 Å². The summed E-state index contributed by atoms with van der Waals surface area (Å²) in [5.74, 6) is 0.704. The molecule has 168 valence electrons. The first-order valence-electron chi connectivity index (χ1n) is 11.2. The van der Waals surface area contributed by atoms with Gasteiger partial charge in [0.2, 0.25) is 0 Å². The zero-order valence-corrected chi connectivity index (χ0v) is 18.5. The van der Waals surface area contributed by atoms with Crippen LogP contribution in [0.3, 0.4) is 0 Å². The molecule has 0 atom stereocenters. The van der Waals surface area contributed by atoms with Gasteiger partial charge in [0.25, 0.3) is 5.56 Å². The maximum atomic E-state index is 12.4. The topological polar surface area (TPSA) is 112 Å². The average molecular weight is 443 g/mol. The molecule has 3 aromatic heterocycles. The van der Waals surface area contributed by atoms with Crippen LogP contribution < -0.4 is 16.6 Å². The third-order valence-electron chi connectivity index (χ3n) is 6.13. The van der Waals surface area contributed by atoms with Gasteiger partial charge in [0.15, 0.2) is 17.3 Å². The molecule has 0 radical (unpaired) electrons. The predicted octanol–water partition coefficient (Wildman–Crippen LogP) is 4.04. The van der Waals surface area contributed by atoms with Gasteiger partial charge in [-0.3, -0.25) is 4.79 Å². The van der Waals surface area contributed by atoms with Crippen LogP contribution in [0.15, 0.2) is 64.2 Å². The predicted molar refractivity (Wildman–Crippen MR) is 127 cm³/mol. The quantitative estimate of drug-likeness (QED) is 0.463. The SMILES string of the molecule is CNCc1ccc(-c2cc(-c3nc(-c4ccc(=O)n(C5CCCC5)c4)cnc3N)on2)cc1. The van der Waals surface area contributed by atoms with E-state index < -0.39 is 0 Å². The summed E-state index contributed by atoms with van der Waals surface area (Å²) in [5.41, 5.74) is 10.8. The third kappa shape index (κ3) is 4.29. The number of nitrogens with one attached hydrogen (secondary N) is 1. The molecule has 0 bridgehead atoms. The van der Waals surface area contributed by atoms with E-state index in [4.69, 9.17) is 15.2 Å². The standard InChI is InChI=1S/C25H26N6O2/c1-27-13-16-6-8-17(9-7-16)20-12-22(33-30-20)24-25(26)28-14-21(29-24)18-10-11-23(32)31(15-18)19-4-2-3-5-19/h6-12,14-15,19,27H,2-5,13H2,1H3,(H2,26,28). The van der Waals surface area contributed by atoms with Crippen LogP contribution in [0, 0.1) is 0 Å². The summed E-state index contributed by atoms with van der Waals surface area (Å²) < 4.78 is 7.40. The lowest BCUT2D eigenvalue weighted by Crippen LogP contribution is -2.22. The number of anilines is 1. The van der Waals surface area contributed by atoms with Crippen molar-refractivity contribution in [3.63, 3.8) is 0 Å². The molecule has 1 aliphatic rings. The van der Waals surface area contributed by atoms with Gasteiger partial charge in [0.05, 0.1) is 11.9 Å². The summed E-state index contributed by atoms with van der Waals surface area (Å²) in [6.07, 6.45) is 7.85. The van der Waals surface area contributed by atoms with E-state index in [2.05, 4.69) is 15.5 Å². The summed E-state index contributed by atoms with van der Waals surface area (Å²) >= 11 is 0. The number of nitrogens with zero attached hydrogens (tertiary/aromatic N) is 4. The summed E-state index contributed by atoms with van der Waals surface area (Å²) in [4.78, 5) is 21.4. The Balaban J connectivity index is 1.46. The lowest BCUT2D eigenvalue weighted by Gasteiger charge is -2.14. The zero-order valence-electron chi connectivity index (χ0n) is 18.5. The van der Waals surface area contributed by atoms with Crippen LogP contribution >= 0.6 is 0 Å². The highest BCUT2D eigenvalue weighted by atomic mass is 16.5. The molecule has 8 heteroatoms. The maximum Gasteiger partial charge on any atom is 0.250 e. The second-order valence-electron chi connectivity index (χ2n) is 8.39. The Hall–Kier alpha value is -3.78. The van der Waals surface area contributed by atoms with Crippen LogP contribution in [0.5, 0.6) is 0 Å². The van der Waals surface area contributed by atoms with E-state index >= 15 is 0 Å². The van der Waals surface area contributed by atoms with E-state index in [0.29, 0.717) is 22.8 Å². The molecule has 3 heterocycles. The highest BCUT2D eigenvalue weighted by Crippen LogP contribution is 2.31. The normalized spacial score (nSPS) is 14.1. The fourth-order valence-corrected chi connectivity index (χ4v) is 4.36. The minimum Gasteiger partial charge on any atom is -0.382 e. The number of pyridine rings is 1. The molecule has 0 unspecified atom stereocenters. The van der Waals surface area contributed by atoms with E-state index in [1.165, 1.54) is 5.56 Å². The molecular formula is C25H26N6O2. The minimum absolute atomic E-state index is 0.00916. The van der Waals surface area contributed by atoms with Crippen LogP contribution in [0.25, 0.3) is 34.0 Å². The van der Waals surface area contributed by atoms with Crippen molar-refractivity contribution in [3.8, 4) is 34.0 Å². The van der Waals surface area contributed by atoms with E-state index in [1.54, 1.807) is 18.3 Å². The van der Waals surface area contributed by atoms with Crippen molar-refractivity contribution in [1.29, 1.82) is 0 Å². The highest BCUT2D eigenvalue weighted by Gasteiger charge is 2.19. The summed E-state index contributed by atoms with van der Waals surface area (Å²) in [6, 6.07) is 13.5. The Kier molecular flexibility index (Phi) is 5.75. The smallest absolute Gasteiger partial charge is 0.250 e. The van der Waals surface area contributed by atoms with Crippen molar-refractivity contribution in [2.75, 3.05) is 12.8 Å². The Morgan fingerprint density at radius 1 is 1.09 bits per heavy atom. The molecule has 33 heavy (non-hydrogen) atoms. The van der Waals surface area contributed by atoms with Crippen molar-refractivity contribution < 1.29 is 4.52 Å². The number of rotatable bonds is 6. The summed E-state index contributed by atoms with van der Waals surface area (Å²) in [5, 5.41) is 7.33. The van der Waals surface area contributed by atoms with Crippen LogP contribution in [-0.2, 0) is 6.54 Å². The van der Waals surface area contributed by atoms with Gasteiger partial charge in [-0.1, -0.05) is 42.3 Å². The second-order valence-corrected chi connectivity index (χ2v) is 8.39. The minimum atomic E-state index is 0.00916. The number of aromatic nitrogens is 4. The number of hydrogen-bond acceptors (Lipinski definition) is 7. The summed E-state index contributed by atoms with van der Waals surface area (Å²) in [6.45, 7) is 0.803. The molecule has 5 rings (SSSR count). The van der Waals surface area contributed by atoms with Gasteiger partial charge in [-0.05, 0) is 31.5 Å². The largest absolute Gasteiger partial charge is 0.382 e. The van der Waals surface area contributed by atoms with Gasteiger partial charge in [0.1, 0.15) is 5.69 Å². The number of nitrogen functional groups attached to an aromatic ring is 1. The average Bonchev–Trinajstić information content (AvgIpc) is 3.53. The fourth-order valence-electron chi connectivity index (χ4n) is 4.36. The maximum absolute atomic E-state index is 12.4. The van der Waals surface area contributed by atoms with E-state index in [9.17, 15) is 4.79 Å². The Morgan fingerprint density at radius 3 is 2.61 bits per heavy atom. The van der Waals surface area contributed by atoms with Crippen molar-refractivity contribution in [2.45, 2.75) is 38.3 Å². The molecule has 0 amide bonds. The van der Waals surface area contributed by atoms with Crippen LogP contribution in [-0.4, -0.2) is 26.7 Å². The molecule has 0 aliphatic heterocycles. The van der Waals surface area contributed by atoms with Crippen LogP contribution in [0.1, 0.15) is 37.3 Å².